The van der Waals surface area contributed by atoms with Crippen molar-refractivity contribution in [2.75, 3.05) is 39.3 Å². The van der Waals surface area contributed by atoms with E-state index < -0.39 is 0 Å². The van der Waals surface area contributed by atoms with Gasteiger partial charge in [-0.05, 0) is 12.1 Å². The highest BCUT2D eigenvalue weighted by atomic mass is 32.1. The Morgan fingerprint density at radius 3 is 2.52 bits per heavy atom. The highest BCUT2D eigenvalue weighted by Crippen LogP contribution is 2.15. The largest absolute Gasteiger partial charge is 0.299 e. The number of rotatable bonds is 5. The molecule has 1 fully saturated rings. The summed E-state index contributed by atoms with van der Waals surface area (Å²) in [6, 6.07) is 7.85. The maximum atomic E-state index is 12.3. The molecule has 0 saturated carbocycles. The summed E-state index contributed by atoms with van der Waals surface area (Å²) in [6.07, 6.45) is 1.96. The maximum absolute atomic E-state index is 12.3. The summed E-state index contributed by atoms with van der Waals surface area (Å²) >= 11 is 1.57. The number of hydrogen-bond donors (Lipinski definition) is 0. The van der Waals surface area contributed by atoms with E-state index in [1.807, 2.05) is 34.3 Å². The van der Waals surface area contributed by atoms with E-state index in [1.165, 1.54) is 0 Å². The molecule has 1 aliphatic heterocycles. The molecule has 1 aliphatic rings. The molecular weight excluding hydrogens is 282 g/mol. The van der Waals surface area contributed by atoms with Gasteiger partial charge in [-0.15, -0.1) is 6.58 Å². The Kier molecular flexibility index (Phi) is 4.53. The number of benzene rings is 1. The van der Waals surface area contributed by atoms with Crippen LogP contribution in [0.1, 0.15) is 0 Å². The third kappa shape index (κ3) is 3.26. The third-order valence-corrected chi connectivity index (χ3v) is 5.15. The average Bonchev–Trinajstić information content (AvgIpc) is 2.84. The number of aromatic nitrogens is 1. The number of hydrogen-bond acceptors (Lipinski definition) is 4. The average molecular weight is 303 g/mol. The number of fused-ring (bicyclic) bond motifs is 1. The first kappa shape index (κ1) is 14.5. The van der Waals surface area contributed by atoms with Crippen LogP contribution in [0.3, 0.4) is 0 Å². The molecule has 1 aromatic carbocycles. The van der Waals surface area contributed by atoms with Crippen molar-refractivity contribution in [2.24, 2.45) is 0 Å². The lowest BCUT2D eigenvalue weighted by atomic mass is 10.3. The van der Waals surface area contributed by atoms with Gasteiger partial charge < -0.3 is 0 Å². The van der Waals surface area contributed by atoms with Crippen LogP contribution < -0.4 is 5.56 Å². The number of piperazine rings is 1. The van der Waals surface area contributed by atoms with Gasteiger partial charge in [0.15, 0.2) is 0 Å². The lowest BCUT2D eigenvalue weighted by Gasteiger charge is -2.33. The van der Waals surface area contributed by atoms with Gasteiger partial charge >= 0.3 is 0 Å². The van der Waals surface area contributed by atoms with Gasteiger partial charge in [-0.2, -0.15) is 0 Å². The first-order chi connectivity index (χ1) is 10.3. The highest BCUT2D eigenvalue weighted by molar-refractivity contribution is 7.13. The predicted octanol–water partition coefficient (Wildman–Crippen LogP) is 1.87. The maximum Gasteiger partial charge on any atom is 0.268 e. The smallest absolute Gasteiger partial charge is 0.268 e. The van der Waals surface area contributed by atoms with Crippen molar-refractivity contribution in [3.63, 3.8) is 0 Å². The van der Waals surface area contributed by atoms with Crippen LogP contribution in [0.2, 0.25) is 0 Å². The molecule has 2 heterocycles. The summed E-state index contributed by atoms with van der Waals surface area (Å²) in [5, 5.41) is 0.846. The molecule has 1 saturated heterocycles. The second-order valence-electron chi connectivity index (χ2n) is 5.43. The Bertz CT molecular complexity index is 667. The molecule has 0 radical (unpaired) electrons. The van der Waals surface area contributed by atoms with Gasteiger partial charge in [0.1, 0.15) is 0 Å². The summed E-state index contributed by atoms with van der Waals surface area (Å²) in [4.78, 5) is 17.1. The fourth-order valence-electron chi connectivity index (χ4n) is 2.77. The second kappa shape index (κ2) is 6.56. The van der Waals surface area contributed by atoms with Crippen LogP contribution in [0.4, 0.5) is 0 Å². The SMILES string of the molecule is C=CCN1CCN(CCn2sc3ccccc3c2=O)CC1. The van der Waals surface area contributed by atoms with Crippen molar-refractivity contribution in [3.8, 4) is 0 Å². The molecule has 0 bridgehead atoms. The van der Waals surface area contributed by atoms with Crippen LogP contribution in [0.25, 0.3) is 10.1 Å². The van der Waals surface area contributed by atoms with Gasteiger partial charge in [-0.25, -0.2) is 0 Å². The normalized spacial score (nSPS) is 17.3. The van der Waals surface area contributed by atoms with E-state index in [2.05, 4.69) is 16.4 Å². The molecule has 0 spiro atoms. The van der Waals surface area contributed by atoms with Crippen molar-refractivity contribution < 1.29 is 0 Å². The minimum Gasteiger partial charge on any atom is -0.299 e. The summed E-state index contributed by atoms with van der Waals surface area (Å²) in [6.45, 7) is 10.8. The van der Waals surface area contributed by atoms with Crippen LogP contribution in [0.5, 0.6) is 0 Å². The van der Waals surface area contributed by atoms with Crippen LogP contribution >= 0.6 is 11.5 Å². The lowest BCUT2D eigenvalue weighted by Crippen LogP contribution is -2.47. The first-order valence-corrected chi connectivity index (χ1v) is 8.20. The zero-order valence-corrected chi connectivity index (χ0v) is 13.0. The molecule has 21 heavy (non-hydrogen) atoms. The summed E-state index contributed by atoms with van der Waals surface area (Å²) < 4.78 is 2.97. The van der Waals surface area contributed by atoms with Gasteiger partial charge in [0.2, 0.25) is 0 Å². The van der Waals surface area contributed by atoms with Gasteiger partial charge in [-0.1, -0.05) is 29.7 Å². The van der Waals surface area contributed by atoms with E-state index in [0.717, 1.165) is 55.9 Å². The molecule has 3 rings (SSSR count). The van der Waals surface area contributed by atoms with Crippen molar-refractivity contribution >= 4 is 21.6 Å². The van der Waals surface area contributed by atoms with Gasteiger partial charge in [0, 0.05) is 45.8 Å². The molecule has 1 aromatic heterocycles. The first-order valence-electron chi connectivity index (χ1n) is 7.42. The molecule has 112 valence electrons. The zero-order valence-electron chi connectivity index (χ0n) is 12.2. The lowest BCUT2D eigenvalue weighted by molar-refractivity contribution is 0.139. The Labute approximate surface area is 129 Å². The Morgan fingerprint density at radius 2 is 1.81 bits per heavy atom. The predicted molar refractivity (Wildman–Crippen MR) is 89.2 cm³/mol. The summed E-state index contributed by atoms with van der Waals surface area (Å²) in [5.41, 5.74) is 0.154. The minimum atomic E-state index is 0.154. The van der Waals surface area contributed by atoms with Crippen molar-refractivity contribution in [1.29, 1.82) is 0 Å². The molecular formula is C16H21N3OS. The van der Waals surface area contributed by atoms with Crippen molar-refractivity contribution in [1.82, 2.24) is 13.8 Å². The summed E-state index contributed by atoms with van der Waals surface area (Å²) in [7, 11) is 0. The Hall–Kier alpha value is -1.43. The van der Waals surface area contributed by atoms with Crippen LogP contribution in [0, 0.1) is 0 Å². The van der Waals surface area contributed by atoms with Crippen LogP contribution in [0.15, 0.2) is 41.7 Å². The number of nitrogens with zero attached hydrogens (tertiary/aromatic N) is 3. The monoisotopic (exact) mass is 303 g/mol. The van der Waals surface area contributed by atoms with E-state index in [-0.39, 0.29) is 5.56 Å². The molecule has 0 atom stereocenters. The quantitative estimate of drug-likeness (QED) is 0.790. The second-order valence-corrected chi connectivity index (χ2v) is 6.49. The fourth-order valence-corrected chi connectivity index (χ4v) is 3.76. The van der Waals surface area contributed by atoms with Crippen LogP contribution in [-0.2, 0) is 6.54 Å². The van der Waals surface area contributed by atoms with E-state index in [4.69, 9.17) is 0 Å². The van der Waals surface area contributed by atoms with Gasteiger partial charge in [0.25, 0.3) is 5.56 Å². The molecule has 0 unspecified atom stereocenters. The molecule has 2 aromatic rings. The Balaban J connectivity index is 1.59. The van der Waals surface area contributed by atoms with E-state index in [0.29, 0.717) is 0 Å². The van der Waals surface area contributed by atoms with Crippen molar-refractivity contribution in [2.45, 2.75) is 6.54 Å². The van der Waals surface area contributed by atoms with E-state index in [1.54, 1.807) is 11.5 Å². The molecule has 5 heteroatoms. The third-order valence-electron chi connectivity index (χ3n) is 4.02. The standard InChI is InChI=1S/C16H21N3OS/c1-2-7-17-8-10-18(11-9-17)12-13-19-16(20)14-5-3-4-6-15(14)21-19/h2-6H,1,7-13H2. The van der Waals surface area contributed by atoms with Crippen LogP contribution in [-0.4, -0.2) is 53.0 Å². The molecule has 4 nitrogen and oxygen atoms in total. The van der Waals surface area contributed by atoms with Gasteiger partial charge in [0.05, 0.1) is 10.1 Å². The molecule has 0 aliphatic carbocycles. The van der Waals surface area contributed by atoms with Gasteiger partial charge in [-0.3, -0.25) is 18.6 Å². The topological polar surface area (TPSA) is 28.5 Å². The van der Waals surface area contributed by atoms with E-state index in [9.17, 15) is 4.79 Å². The molecule has 0 amide bonds. The summed E-state index contributed by atoms with van der Waals surface area (Å²) in [5.74, 6) is 0. The zero-order chi connectivity index (χ0) is 14.7. The molecule has 0 N–H and O–H groups in total. The minimum absolute atomic E-state index is 0.154. The fraction of sp³-hybridized carbons (Fsp3) is 0.438. The van der Waals surface area contributed by atoms with Crippen molar-refractivity contribution in [3.05, 3.63) is 47.3 Å². The Morgan fingerprint density at radius 1 is 1.10 bits per heavy atom. The highest BCUT2D eigenvalue weighted by Gasteiger charge is 2.16. The van der Waals surface area contributed by atoms with E-state index >= 15 is 0 Å².